The zero-order valence-electron chi connectivity index (χ0n) is 17.4. The number of benzene rings is 2. The van der Waals surface area contributed by atoms with E-state index in [1.807, 2.05) is 0 Å². The molecule has 0 saturated heterocycles. The molecule has 10 heteroatoms. The number of ether oxygens (including phenoxy) is 1. The van der Waals surface area contributed by atoms with Crippen LogP contribution in [-0.4, -0.2) is 31.7 Å². The Hall–Kier alpha value is -3.56. The lowest BCUT2D eigenvalue weighted by molar-refractivity contribution is 0.0881. The molecule has 0 unspecified atom stereocenters. The molecule has 2 heterocycles. The van der Waals surface area contributed by atoms with Crippen LogP contribution < -0.4 is 10.3 Å². The van der Waals surface area contributed by atoms with Crippen molar-refractivity contribution < 1.29 is 23.4 Å². The summed E-state index contributed by atoms with van der Waals surface area (Å²) >= 11 is 6.20. The zero-order valence-corrected chi connectivity index (χ0v) is 18.1. The van der Waals surface area contributed by atoms with Crippen molar-refractivity contribution in [2.75, 3.05) is 6.61 Å². The van der Waals surface area contributed by atoms with Gasteiger partial charge in [0.05, 0.1) is 24.2 Å². The number of nitrogens with zero attached hydrogens (tertiary/aromatic N) is 3. The van der Waals surface area contributed by atoms with Gasteiger partial charge < -0.3 is 9.84 Å². The molecule has 0 atom stereocenters. The highest BCUT2D eigenvalue weighted by Crippen LogP contribution is 2.24. The van der Waals surface area contributed by atoms with Crippen LogP contribution in [0.25, 0.3) is 16.6 Å². The summed E-state index contributed by atoms with van der Waals surface area (Å²) in [7, 11) is 0. The van der Waals surface area contributed by atoms with E-state index in [1.54, 1.807) is 37.4 Å². The summed E-state index contributed by atoms with van der Waals surface area (Å²) < 4.78 is 35.1. The number of carbonyl (C=O) groups is 1. The van der Waals surface area contributed by atoms with Crippen LogP contribution in [0.15, 0.2) is 53.5 Å². The number of halogens is 3. The number of hydrogen-bond acceptors (Lipinski definition) is 5. The van der Waals surface area contributed by atoms with Gasteiger partial charge in [0, 0.05) is 23.2 Å². The molecule has 0 amide bonds. The first-order chi connectivity index (χ1) is 15.8. The van der Waals surface area contributed by atoms with Gasteiger partial charge in [0.25, 0.3) is 5.56 Å². The maximum atomic E-state index is 13.8. The van der Waals surface area contributed by atoms with Gasteiger partial charge >= 0.3 is 0 Å². The van der Waals surface area contributed by atoms with Gasteiger partial charge in [-0.2, -0.15) is 4.98 Å². The average Bonchev–Trinajstić information content (AvgIpc) is 3.20. The van der Waals surface area contributed by atoms with Crippen molar-refractivity contribution in [2.24, 2.45) is 0 Å². The summed E-state index contributed by atoms with van der Waals surface area (Å²) in [6.07, 6.45) is 1.59. The first-order valence-corrected chi connectivity index (χ1v) is 10.3. The van der Waals surface area contributed by atoms with Gasteiger partial charge in [-0.1, -0.05) is 11.6 Å². The summed E-state index contributed by atoms with van der Waals surface area (Å²) in [5, 5.41) is 9.41. The van der Waals surface area contributed by atoms with E-state index >= 15 is 0 Å². The first kappa shape index (κ1) is 22.6. The molecule has 0 radical (unpaired) electrons. The fraction of sp³-hybridized carbons (Fsp3) is 0.174. The van der Waals surface area contributed by atoms with Gasteiger partial charge in [-0.25, -0.2) is 8.78 Å². The number of aryl methyl sites for hydroxylation is 1. The number of rotatable bonds is 6. The summed E-state index contributed by atoms with van der Waals surface area (Å²) in [5.41, 5.74) is 0.599. The van der Waals surface area contributed by atoms with E-state index in [9.17, 15) is 18.4 Å². The van der Waals surface area contributed by atoms with Crippen LogP contribution in [-0.2, 0) is 6.61 Å². The molecule has 4 rings (SSSR count). The number of fused-ring (bicyclic) bond motifs is 1. The fourth-order valence-electron chi connectivity index (χ4n) is 3.47. The van der Waals surface area contributed by atoms with Crippen molar-refractivity contribution in [1.82, 2.24) is 14.1 Å². The van der Waals surface area contributed by atoms with Crippen molar-refractivity contribution in [3.63, 3.8) is 0 Å². The molecule has 2 aromatic carbocycles. The molecule has 33 heavy (non-hydrogen) atoms. The minimum atomic E-state index is -0.783. The van der Waals surface area contributed by atoms with Gasteiger partial charge in [0.2, 0.25) is 11.8 Å². The van der Waals surface area contributed by atoms with Crippen molar-refractivity contribution >= 4 is 28.4 Å². The van der Waals surface area contributed by atoms with Crippen LogP contribution in [0, 0.1) is 18.6 Å². The summed E-state index contributed by atoms with van der Waals surface area (Å²) in [6, 6.07) is 9.82. The van der Waals surface area contributed by atoms with Crippen LogP contribution in [0.3, 0.4) is 0 Å². The Labute approximate surface area is 191 Å². The van der Waals surface area contributed by atoms with Crippen molar-refractivity contribution in [1.29, 1.82) is 0 Å². The molecule has 7 nitrogen and oxygen atoms in total. The Morgan fingerprint density at radius 2 is 1.97 bits per heavy atom. The molecular weight excluding hydrogens is 456 g/mol. The van der Waals surface area contributed by atoms with E-state index in [2.05, 4.69) is 4.98 Å². The number of aliphatic hydroxyl groups is 1. The molecule has 2 aromatic heterocycles. The SMILES string of the molecule is Cc1nc(OCc2ccc(F)cc2F)c(Cl)c(=O)n1-c1ccc2c(ccn2C(=O)CCO)c1. The van der Waals surface area contributed by atoms with Crippen LogP contribution in [0.2, 0.25) is 5.02 Å². The first-order valence-electron chi connectivity index (χ1n) is 9.91. The third-order valence-corrected chi connectivity index (χ3v) is 5.39. The topological polar surface area (TPSA) is 86.4 Å². The lowest BCUT2D eigenvalue weighted by Crippen LogP contribution is -2.23. The Kier molecular flexibility index (Phi) is 6.26. The Morgan fingerprint density at radius 3 is 2.70 bits per heavy atom. The monoisotopic (exact) mass is 473 g/mol. The van der Waals surface area contributed by atoms with E-state index in [-0.39, 0.29) is 47.8 Å². The second kappa shape index (κ2) is 9.13. The predicted octanol–water partition coefficient (Wildman–Crippen LogP) is 4.03. The average molecular weight is 474 g/mol. The van der Waals surface area contributed by atoms with Gasteiger partial charge in [0.1, 0.15) is 24.1 Å². The Morgan fingerprint density at radius 1 is 1.18 bits per heavy atom. The number of aliphatic hydroxyl groups excluding tert-OH is 1. The van der Waals surface area contributed by atoms with Crippen molar-refractivity contribution in [2.45, 2.75) is 20.0 Å². The summed E-state index contributed by atoms with van der Waals surface area (Å²) in [5.74, 6) is -1.64. The predicted molar refractivity (Wildman–Crippen MR) is 118 cm³/mol. The van der Waals surface area contributed by atoms with E-state index in [0.29, 0.717) is 16.6 Å². The molecule has 170 valence electrons. The van der Waals surface area contributed by atoms with Gasteiger partial charge in [-0.15, -0.1) is 0 Å². The number of aromatic nitrogens is 3. The van der Waals surface area contributed by atoms with Crippen molar-refractivity contribution in [3.05, 3.63) is 87.1 Å². The van der Waals surface area contributed by atoms with E-state index in [1.165, 1.54) is 15.2 Å². The Bertz CT molecular complexity index is 1430. The highest BCUT2D eigenvalue weighted by atomic mass is 35.5. The largest absolute Gasteiger partial charge is 0.471 e. The Balaban J connectivity index is 1.66. The smallest absolute Gasteiger partial charge is 0.280 e. The zero-order chi connectivity index (χ0) is 23.7. The van der Waals surface area contributed by atoms with Crippen LogP contribution in [0.5, 0.6) is 5.88 Å². The van der Waals surface area contributed by atoms with Gasteiger partial charge in [0.15, 0.2) is 5.02 Å². The van der Waals surface area contributed by atoms with E-state index in [4.69, 9.17) is 21.4 Å². The maximum absolute atomic E-state index is 13.8. The van der Waals surface area contributed by atoms with Gasteiger partial charge in [-0.3, -0.25) is 18.7 Å². The molecule has 0 spiro atoms. The second-order valence-electron chi connectivity index (χ2n) is 7.24. The van der Waals surface area contributed by atoms with Crippen molar-refractivity contribution in [3.8, 4) is 11.6 Å². The highest BCUT2D eigenvalue weighted by molar-refractivity contribution is 6.31. The van der Waals surface area contributed by atoms with Gasteiger partial charge in [-0.05, 0) is 43.3 Å². The minimum absolute atomic E-state index is 0.00703. The molecule has 1 N–H and O–H groups in total. The highest BCUT2D eigenvalue weighted by Gasteiger charge is 2.17. The molecule has 0 aliphatic rings. The van der Waals surface area contributed by atoms with E-state index < -0.39 is 17.2 Å². The molecule has 0 saturated carbocycles. The number of hydrogen-bond donors (Lipinski definition) is 1. The van der Waals surface area contributed by atoms with Crippen LogP contribution in [0.4, 0.5) is 8.78 Å². The summed E-state index contributed by atoms with van der Waals surface area (Å²) in [6.45, 7) is 1.05. The quantitative estimate of drug-likeness (QED) is 0.457. The maximum Gasteiger partial charge on any atom is 0.280 e. The number of carbonyl (C=O) groups excluding carboxylic acids is 1. The molecule has 0 fully saturated rings. The standard InChI is InChI=1S/C23H18ClF2N3O4/c1-13-27-22(33-12-15-2-3-16(25)11-18(15)26)21(24)23(32)29(13)17-4-5-19-14(10-17)6-8-28(19)20(31)7-9-30/h2-6,8,10-11,30H,7,9,12H2,1H3. The molecule has 0 aliphatic heterocycles. The molecular formula is C23H18ClF2N3O4. The summed E-state index contributed by atoms with van der Waals surface area (Å²) in [4.78, 5) is 29.3. The minimum Gasteiger partial charge on any atom is -0.471 e. The third kappa shape index (κ3) is 4.37. The molecule has 0 aliphatic carbocycles. The molecule has 4 aromatic rings. The lowest BCUT2D eigenvalue weighted by atomic mass is 10.2. The fourth-order valence-corrected chi connectivity index (χ4v) is 3.65. The normalized spacial score (nSPS) is 11.2. The third-order valence-electron chi connectivity index (χ3n) is 5.07. The van der Waals surface area contributed by atoms with Crippen LogP contribution in [0.1, 0.15) is 22.6 Å². The second-order valence-corrected chi connectivity index (χ2v) is 7.62. The molecule has 0 bridgehead atoms. The van der Waals surface area contributed by atoms with Crippen LogP contribution >= 0.6 is 11.6 Å². The van der Waals surface area contributed by atoms with E-state index in [0.717, 1.165) is 12.1 Å². The lowest BCUT2D eigenvalue weighted by Gasteiger charge is -2.14.